The molecule has 1 fully saturated rings. The summed E-state index contributed by atoms with van der Waals surface area (Å²) < 4.78 is 0. The van der Waals surface area contributed by atoms with Gasteiger partial charge in [0.2, 0.25) is 5.91 Å². The molecule has 0 radical (unpaired) electrons. The van der Waals surface area contributed by atoms with Crippen LogP contribution in [-0.4, -0.2) is 28.6 Å². The summed E-state index contributed by atoms with van der Waals surface area (Å²) in [4.78, 5) is 15.8. The fourth-order valence-electron chi connectivity index (χ4n) is 2.16. The Hall–Kier alpha value is -1.20. The van der Waals surface area contributed by atoms with Gasteiger partial charge in [-0.1, -0.05) is 6.42 Å². The summed E-state index contributed by atoms with van der Waals surface area (Å²) in [5.41, 5.74) is 0.813. The number of aromatic nitrogens is 1. The number of amides is 1. The molecule has 5 heteroatoms. The smallest absolute Gasteiger partial charge is 0.244 e. The number of nitrogens with zero attached hydrogens (tertiary/aromatic N) is 1. The zero-order valence-electron chi connectivity index (χ0n) is 10.4. The first-order chi connectivity index (χ1) is 8.65. The van der Waals surface area contributed by atoms with Gasteiger partial charge in [0.1, 0.15) is 0 Å². The normalized spacial score (nSPS) is 23.7. The molecule has 18 heavy (non-hydrogen) atoms. The molecule has 1 heterocycles. The Balaban J connectivity index is 1.76. The first-order valence-corrected chi connectivity index (χ1v) is 7.09. The van der Waals surface area contributed by atoms with E-state index in [2.05, 4.69) is 10.3 Å². The number of carbonyl (C=O) groups is 1. The maximum absolute atomic E-state index is 11.6. The van der Waals surface area contributed by atoms with Gasteiger partial charge in [-0.3, -0.25) is 4.79 Å². The van der Waals surface area contributed by atoms with E-state index in [0.29, 0.717) is 6.54 Å². The van der Waals surface area contributed by atoms with Gasteiger partial charge < -0.3 is 10.4 Å². The highest BCUT2D eigenvalue weighted by Crippen LogP contribution is 2.24. The van der Waals surface area contributed by atoms with E-state index < -0.39 is 0 Å². The third-order valence-corrected chi connectivity index (χ3v) is 3.99. The third kappa shape index (κ3) is 3.65. The minimum Gasteiger partial charge on any atom is -0.393 e. The van der Waals surface area contributed by atoms with Crippen molar-refractivity contribution in [1.29, 1.82) is 0 Å². The van der Waals surface area contributed by atoms with E-state index in [-0.39, 0.29) is 17.9 Å². The fraction of sp³-hybridized carbons (Fsp3) is 0.538. The number of thiazole rings is 1. The molecule has 2 rings (SSSR count). The predicted molar refractivity (Wildman–Crippen MR) is 72.2 cm³/mol. The van der Waals surface area contributed by atoms with Crippen LogP contribution in [0.25, 0.3) is 6.08 Å². The van der Waals surface area contributed by atoms with Crippen molar-refractivity contribution < 1.29 is 9.90 Å². The zero-order chi connectivity index (χ0) is 13.0. The number of aryl methyl sites for hydroxylation is 1. The van der Waals surface area contributed by atoms with Crippen LogP contribution in [0.5, 0.6) is 0 Å². The number of carbonyl (C=O) groups excluding carboxylic acids is 1. The fourth-order valence-corrected chi connectivity index (χ4v) is 2.74. The molecule has 1 saturated carbocycles. The van der Waals surface area contributed by atoms with Gasteiger partial charge in [-0.15, -0.1) is 11.3 Å². The van der Waals surface area contributed by atoms with Gasteiger partial charge in [-0.05, 0) is 25.8 Å². The molecule has 0 spiro atoms. The molecule has 1 aromatic rings. The molecular weight excluding hydrogens is 248 g/mol. The van der Waals surface area contributed by atoms with Crippen molar-refractivity contribution in [3.63, 3.8) is 0 Å². The molecule has 2 atom stereocenters. The summed E-state index contributed by atoms with van der Waals surface area (Å²) in [6.07, 6.45) is 5.86. The number of nitrogens with one attached hydrogen (secondary N) is 1. The van der Waals surface area contributed by atoms with Crippen LogP contribution in [-0.2, 0) is 4.79 Å². The van der Waals surface area contributed by atoms with Crippen LogP contribution in [0.4, 0.5) is 0 Å². The summed E-state index contributed by atoms with van der Waals surface area (Å²) in [7, 11) is 0. The summed E-state index contributed by atoms with van der Waals surface area (Å²) in [5, 5.41) is 15.4. The lowest BCUT2D eigenvalue weighted by atomic mass is 10.1. The van der Waals surface area contributed by atoms with E-state index in [1.807, 2.05) is 12.3 Å². The average molecular weight is 266 g/mol. The third-order valence-electron chi connectivity index (χ3n) is 3.20. The number of rotatable bonds is 4. The molecule has 1 aromatic heterocycles. The van der Waals surface area contributed by atoms with Crippen molar-refractivity contribution in [3.8, 4) is 0 Å². The Morgan fingerprint density at radius 2 is 2.50 bits per heavy atom. The summed E-state index contributed by atoms with van der Waals surface area (Å²) in [6.45, 7) is 2.49. The summed E-state index contributed by atoms with van der Waals surface area (Å²) >= 11 is 1.56. The van der Waals surface area contributed by atoms with E-state index in [1.165, 1.54) is 6.08 Å². The van der Waals surface area contributed by atoms with Gasteiger partial charge in [0.05, 0.1) is 16.8 Å². The van der Waals surface area contributed by atoms with Gasteiger partial charge in [0.15, 0.2) is 0 Å². The van der Waals surface area contributed by atoms with E-state index in [1.54, 1.807) is 17.4 Å². The lowest BCUT2D eigenvalue weighted by Gasteiger charge is -2.13. The molecule has 0 aliphatic heterocycles. The molecule has 1 aliphatic rings. The highest BCUT2D eigenvalue weighted by atomic mass is 32.1. The van der Waals surface area contributed by atoms with Crippen LogP contribution in [0, 0.1) is 12.8 Å². The van der Waals surface area contributed by atoms with Crippen molar-refractivity contribution in [2.75, 3.05) is 6.54 Å². The average Bonchev–Trinajstić information content (AvgIpc) is 2.93. The minimum absolute atomic E-state index is 0.125. The topological polar surface area (TPSA) is 62.2 Å². The molecule has 0 saturated heterocycles. The quantitative estimate of drug-likeness (QED) is 0.816. The van der Waals surface area contributed by atoms with Crippen LogP contribution in [0.2, 0.25) is 0 Å². The molecular formula is C13H18N2O2S. The Labute approximate surface area is 111 Å². The number of aliphatic hydroxyl groups excluding tert-OH is 1. The molecule has 0 bridgehead atoms. The first kappa shape index (κ1) is 13.2. The lowest BCUT2D eigenvalue weighted by molar-refractivity contribution is -0.116. The largest absolute Gasteiger partial charge is 0.393 e. The number of aliphatic hydroxyl groups is 1. The van der Waals surface area contributed by atoms with Gasteiger partial charge in [0, 0.05) is 23.9 Å². The molecule has 0 aromatic carbocycles. The van der Waals surface area contributed by atoms with Crippen LogP contribution in [0.3, 0.4) is 0 Å². The van der Waals surface area contributed by atoms with Gasteiger partial charge >= 0.3 is 0 Å². The second kappa shape index (κ2) is 6.11. The highest BCUT2D eigenvalue weighted by molar-refractivity contribution is 7.09. The van der Waals surface area contributed by atoms with Gasteiger partial charge in [0.25, 0.3) is 0 Å². The predicted octanol–water partition coefficient (Wildman–Crippen LogP) is 1.74. The standard InChI is InChI=1S/C13H18N2O2S/c1-9-15-11(8-18-9)5-6-13(17)14-7-10-3-2-4-12(10)16/h5-6,8,10,12,16H,2-4,7H2,1H3,(H,14,17). The Kier molecular flexibility index (Phi) is 4.49. The first-order valence-electron chi connectivity index (χ1n) is 6.21. The number of hydrogen-bond acceptors (Lipinski definition) is 4. The minimum atomic E-state index is -0.254. The maximum Gasteiger partial charge on any atom is 0.244 e. The maximum atomic E-state index is 11.6. The zero-order valence-corrected chi connectivity index (χ0v) is 11.2. The highest BCUT2D eigenvalue weighted by Gasteiger charge is 2.24. The van der Waals surface area contributed by atoms with Crippen molar-refractivity contribution in [1.82, 2.24) is 10.3 Å². The van der Waals surface area contributed by atoms with Gasteiger partial charge in [-0.25, -0.2) is 4.98 Å². The van der Waals surface area contributed by atoms with Gasteiger partial charge in [-0.2, -0.15) is 0 Å². The molecule has 98 valence electrons. The van der Waals surface area contributed by atoms with Crippen LogP contribution in [0.15, 0.2) is 11.5 Å². The SMILES string of the molecule is Cc1nc(C=CC(=O)NCC2CCCC2O)cs1. The second-order valence-electron chi connectivity index (χ2n) is 4.63. The Morgan fingerprint density at radius 1 is 1.67 bits per heavy atom. The number of hydrogen-bond donors (Lipinski definition) is 2. The van der Waals surface area contributed by atoms with Crippen LogP contribution < -0.4 is 5.32 Å². The Morgan fingerprint density at radius 3 is 3.11 bits per heavy atom. The monoisotopic (exact) mass is 266 g/mol. The molecule has 2 unspecified atom stereocenters. The van der Waals surface area contributed by atoms with E-state index in [4.69, 9.17) is 0 Å². The summed E-state index contributed by atoms with van der Waals surface area (Å²) in [6, 6.07) is 0. The van der Waals surface area contributed by atoms with Crippen molar-refractivity contribution >= 4 is 23.3 Å². The van der Waals surface area contributed by atoms with Crippen LogP contribution in [0.1, 0.15) is 30.0 Å². The van der Waals surface area contributed by atoms with E-state index >= 15 is 0 Å². The van der Waals surface area contributed by atoms with Crippen molar-refractivity contribution in [2.45, 2.75) is 32.3 Å². The van der Waals surface area contributed by atoms with E-state index in [9.17, 15) is 9.90 Å². The van der Waals surface area contributed by atoms with Crippen molar-refractivity contribution in [2.24, 2.45) is 5.92 Å². The van der Waals surface area contributed by atoms with E-state index in [0.717, 1.165) is 30.0 Å². The summed E-state index contributed by atoms with van der Waals surface area (Å²) in [5.74, 6) is 0.0867. The Bertz CT molecular complexity index is 442. The molecule has 2 N–H and O–H groups in total. The molecule has 4 nitrogen and oxygen atoms in total. The van der Waals surface area contributed by atoms with Crippen molar-refractivity contribution in [3.05, 3.63) is 22.2 Å². The molecule has 1 aliphatic carbocycles. The van der Waals surface area contributed by atoms with Crippen LogP contribution >= 0.6 is 11.3 Å². The molecule has 1 amide bonds. The second-order valence-corrected chi connectivity index (χ2v) is 5.69. The lowest BCUT2D eigenvalue weighted by Crippen LogP contribution is -2.31.